The number of halogens is 1. The summed E-state index contributed by atoms with van der Waals surface area (Å²) >= 11 is 0. The second-order valence-electron chi connectivity index (χ2n) is 5.89. The molecule has 0 aliphatic heterocycles. The Balaban J connectivity index is 0.00000300. The highest BCUT2D eigenvalue weighted by atomic mass is 127. The predicted molar refractivity (Wildman–Crippen MR) is 122 cm³/mol. The highest BCUT2D eigenvalue weighted by Crippen LogP contribution is 2.12. The third-order valence-electron chi connectivity index (χ3n) is 4.06. The van der Waals surface area contributed by atoms with E-state index in [2.05, 4.69) is 31.1 Å². The van der Waals surface area contributed by atoms with Crippen molar-refractivity contribution in [2.75, 3.05) is 27.2 Å². The standard InChI is InChI=1S/C19H23N7O2.HI/c1-20-19(23-13-17-25-24-16-8-3-4-11-26(16)17)22-10-9-21-18(27)14-6-5-7-15(12-14)28-2;/h3-8,11-12H,9-10,13H2,1-2H3,(H,21,27)(H2,20,22,23);1H. The van der Waals surface area contributed by atoms with Gasteiger partial charge in [-0.25, -0.2) is 0 Å². The molecular formula is C19H24IN7O2. The molecule has 3 aromatic rings. The molecule has 2 aromatic heterocycles. The van der Waals surface area contributed by atoms with Gasteiger partial charge in [0.05, 0.1) is 13.7 Å². The van der Waals surface area contributed by atoms with Gasteiger partial charge in [-0.1, -0.05) is 12.1 Å². The van der Waals surface area contributed by atoms with E-state index in [1.54, 1.807) is 38.4 Å². The number of fused-ring (bicyclic) bond motifs is 1. The van der Waals surface area contributed by atoms with Crippen molar-refractivity contribution in [2.45, 2.75) is 6.54 Å². The molecule has 0 saturated carbocycles. The van der Waals surface area contributed by atoms with Gasteiger partial charge in [0.2, 0.25) is 0 Å². The van der Waals surface area contributed by atoms with Gasteiger partial charge >= 0.3 is 0 Å². The minimum atomic E-state index is -0.154. The first kappa shape index (κ1) is 22.4. The van der Waals surface area contributed by atoms with Crippen molar-refractivity contribution < 1.29 is 9.53 Å². The third kappa shape index (κ3) is 6.04. The number of ether oxygens (including phenoxy) is 1. The number of carbonyl (C=O) groups excluding carboxylic acids is 1. The largest absolute Gasteiger partial charge is 0.497 e. The molecule has 1 aromatic carbocycles. The number of aliphatic imine (C=N–C) groups is 1. The van der Waals surface area contributed by atoms with Crippen LogP contribution in [0.2, 0.25) is 0 Å². The molecule has 0 spiro atoms. The fourth-order valence-electron chi connectivity index (χ4n) is 2.62. The van der Waals surface area contributed by atoms with Crippen LogP contribution >= 0.6 is 24.0 Å². The van der Waals surface area contributed by atoms with Gasteiger partial charge in [0.25, 0.3) is 5.91 Å². The molecule has 0 radical (unpaired) electrons. The Labute approximate surface area is 186 Å². The van der Waals surface area contributed by atoms with E-state index < -0.39 is 0 Å². The van der Waals surface area contributed by atoms with Gasteiger partial charge in [0.15, 0.2) is 17.4 Å². The molecule has 0 aliphatic rings. The van der Waals surface area contributed by atoms with Gasteiger partial charge in [-0.2, -0.15) is 0 Å². The zero-order valence-electron chi connectivity index (χ0n) is 16.3. The third-order valence-corrected chi connectivity index (χ3v) is 4.06. The van der Waals surface area contributed by atoms with Crippen molar-refractivity contribution in [1.29, 1.82) is 0 Å². The lowest BCUT2D eigenvalue weighted by Gasteiger charge is -2.12. The summed E-state index contributed by atoms with van der Waals surface area (Å²) in [6, 6.07) is 12.8. The highest BCUT2D eigenvalue weighted by molar-refractivity contribution is 14.0. The van der Waals surface area contributed by atoms with Crippen LogP contribution in [0, 0.1) is 0 Å². The van der Waals surface area contributed by atoms with Crippen molar-refractivity contribution in [2.24, 2.45) is 4.99 Å². The number of amides is 1. The lowest BCUT2D eigenvalue weighted by Crippen LogP contribution is -2.41. The lowest BCUT2D eigenvalue weighted by molar-refractivity contribution is 0.0954. The first-order valence-corrected chi connectivity index (χ1v) is 8.86. The van der Waals surface area contributed by atoms with E-state index in [1.165, 1.54) is 0 Å². The van der Waals surface area contributed by atoms with Gasteiger partial charge in [0, 0.05) is 31.9 Å². The first-order valence-electron chi connectivity index (χ1n) is 8.86. The molecule has 0 saturated heterocycles. The average Bonchev–Trinajstić information content (AvgIpc) is 3.16. The second kappa shape index (κ2) is 11.2. The van der Waals surface area contributed by atoms with Crippen molar-refractivity contribution in [3.63, 3.8) is 0 Å². The highest BCUT2D eigenvalue weighted by Gasteiger charge is 2.07. The van der Waals surface area contributed by atoms with E-state index in [0.717, 1.165) is 11.5 Å². The number of methoxy groups -OCH3 is 1. The van der Waals surface area contributed by atoms with Crippen LogP contribution in [-0.4, -0.2) is 53.7 Å². The van der Waals surface area contributed by atoms with Crippen LogP contribution in [0.3, 0.4) is 0 Å². The summed E-state index contributed by atoms with van der Waals surface area (Å²) in [6.45, 7) is 1.45. The Bertz CT molecular complexity index is 974. The molecule has 3 N–H and O–H groups in total. The zero-order chi connectivity index (χ0) is 19.8. The summed E-state index contributed by atoms with van der Waals surface area (Å²) in [5.41, 5.74) is 1.35. The number of benzene rings is 1. The van der Waals surface area contributed by atoms with E-state index in [0.29, 0.717) is 36.9 Å². The van der Waals surface area contributed by atoms with Gasteiger partial charge in [-0.05, 0) is 30.3 Å². The van der Waals surface area contributed by atoms with E-state index in [1.807, 2.05) is 28.8 Å². The Hall–Kier alpha value is -2.89. The first-order chi connectivity index (χ1) is 13.7. The fraction of sp³-hybridized carbons (Fsp3) is 0.263. The average molecular weight is 509 g/mol. The SMILES string of the molecule is CN=C(NCCNC(=O)c1cccc(OC)c1)NCc1nnc2ccccn12.I. The van der Waals surface area contributed by atoms with Crippen molar-refractivity contribution >= 4 is 41.5 Å². The Kier molecular flexibility index (Phi) is 8.65. The maximum absolute atomic E-state index is 12.2. The van der Waals surface area contributed by atoms with Crippen molar-refractivity contribution in [3.8, 4) is 5.75 Å². The van der Waals surface area contributed by atoms with Crippen LogP contribution in [0.25, 0.3) is 5.65 Å². The number of guanidine groups is 1. The molecule has 2 heterocycles. The summed E-state index contributed by atoms with van der Waals surface area (Å²) in [5, 5.41) is 17.5. The minimum Gasteiger partial charge on any atom is -0.497 e. The van der Waals surface area contributed by atoms with E-state index in [-0.39, 0.29) is 29.9 Å². The van der Waals surface area contributed by atoms with Crippen LogP contribution in [0.5, 0.6) is 5.75 Å². The summed E-state index contributed by atoms with van der Waals surface area (Å²) in [5.74, 6) is 1.89. The summed E-state index contributed by atoms with van der Waals surface area (Å²) in [4.78, 5) is 16.3. The number of aromatic nitrogens is 3. The summed E-state index contributed by atoms with van der Waals surface area (Å²) < 4.78 is 7.04. The van der Waals surface area contributed by atoms with Crippen LogP contribution < -0.4 is 20.7 Å². The molecule has 0 unspecified atom stereocenters. The second-order valence-corrected chi connectivity index (χ2v) is 5.89. The summed E-state index contributed by atoms with van der Waals surface area (Å²) in [6.07, 6.45) is 1.91. The smallest absolute Gasteiger partial charge is 0.251 e. The van der Waals surface area contributed by atoms with Crippen LogP contribution in [0.1, 0.15) is 16.2 Å². The number of nitrogens with zero attached hydrogens (tertiary/aromatic N) is 4. The summed E-state index contributed by atoms with van der Waals surface area (Å²) in [7, 11) is 3.26. The Morgan fingerprint density at radius 2 is 1.93 bits per heavy atom. The van der Waals surface area contributed by atoms with E-state index in [9.17, 15) is 4.79 Å². The molecule has 0 fully saturated rings. The van der Waals surface area contributed by atoms with Gasteiger partial charge < -0.3 is 20.7 Å². The predicted octanol–water partition coefficient (Wildman–Crippen LogP) is 1.45. The maximum atomic E-state index is 12.2. The molecule has 1 amide bonds. The van der Waals surface area contributed by atoms with E-state index in [4.69, 9.17) is 4.74 Å². The number of carbonyl (C=O) groups is 1. The monoisotopic (exact) mass is 509 g/mol. The Morgan fingerprint density at radius 1 is 1.10 bits per heavy atom. The topological polar surface area (TPSA) is 105 Å². The Morgan fingerprint density at radius 3 is 2.72 bits per heavy atom. The molecule has 0 aliphatic carbocycles. The normalized spacial score (nSPS) is 10.9. The van der Waals surface area contributed by atoms with Crippen LogP contribution in [-0.2, 0) is 6.54 Å². The van der Waals surface area contributed by atoms with Gasteiger partial charge in [-0.15, -0.1) is 34.2 Å². The number of hydrogen-bond donors (Lipinski definition) is 3. The fourth-order valence-corrected chi connectivity index (χ4v) is 2.62. The molecule has 10 heteroatoms. The number of rotatable bonds is 7. The number of pyridine rings is 1. The number of hydrogen-bond acceptors (Lipinski definition) is 5. The molecule has 0 bridgehead atoms. The quantitative estimate of drug-likeness (QED) is 0.193. The van der Waals surface area contributed by atoms with E-state index >= 15 is 0 Å². The van der Waals surface area contributed by atoms with Crippen LogP contribution in [0.15, 0.2) is 53.7 Å². The van der Waals surface area contributed by atoms with Crippen molar-refractivity contribution in [1.82, 2.24) is 30.5 Å². The molecule has 29 heavy (non-hydrogen) atoms. The lowest BCUT2D eigenvalue weighted by atomic mass is 10.2. The molecular weight excluding hydrogens is 485 g/mol. The zero-order valence-corrected chi connectivity index (χ0v) is 18.6. The maximum Gasteiger partial charge on any atom is 0.251 e. The van der Waals surface area contributed by atoms with Crippen LogP contribution in [0.4, 0.5) is 0 Å². The molecule has 0 atom stereocenters. The molecule has 154 valence electrons. The van der Waals surface area contributed by atoms with Gasteiger partial charge in [-0.3, -0.25) is 14.2 Å². The van der Waals surface area contributed by atoms with Crippen molar-refractivity contribution in [3.05, 3.63) is 60.0 Å². The number of nitrogens with one attached hydrogen (secondary N) is 3. The van der Waals surface area contributed by atoms with Gasteiger partial charge in [0.1, 0.15) is 5.75 Å². The molecule has 3 rings (SSSR count). The molecule has 9 nitrogen and oxygen atoms in total. The minimum absolute atomic E-state index is 0.